The SMILES string of the molecule is CP(C)CCCCN=C=S. The second-order valence-electron chi connectivity index (χ2n) is 2.48. The third-order valence-corrected chi connectivity index (χ3v) is 2.53. The third kappa shape index (κ3) is 8.23. The van der Waals surface area contributed by atoms with Crippen LogP contribution in [0.15, 0.2) is 4.99 Å². The number of aliphatic imine (C=N–C) groups is 1. The minimum absolute atomic E-state index is 0.291. The lowest BCUT2D eigenvalue weighted by Gasteiger charge is -2.01. The molecule has 0 fully saturated rings. The van der Waals surface area contributed by atoms with Crippen molar-refractivity contribution in [2.45, 2.75) is 12.8 Å². The predicted octanol–water partition coefficient (Wildman–Crippen LogP) is 2.61. The first-order valence-electron chi connectivity index (χ1n) is 3.45. The molecule has 0 spiro atoms. The Kier molecular flexibility index (Phi) is 7.51. The molecule has 0 aliphatic heterocycles. The molecule has 0 N–H and O–H groups in total. The minimum atomic E-state index is 0.291. The lowest BCUT2D eigenvalue weighted by molar-refractivity contribution is 0.816. The highest BCUT2D eigenvalue weighted by molar-refractivity contribution is 7.78. The number of unbranched alkanes of at least 4 members (excludes halogenated alkanes) is 1. The van der Waals surface area contributed by atoms with E-state index in [1.165, 1.54) is 19.0 Å². The molecule has 0 rings (SSSR count). The molecule has 0 radical (unpaired) electrons. The Morgan fingerprint density at radius 1 is 1.40 bits per heavy atom. The number of rotatable bonds is 5. The van der Waals surface area contributed by atoms with Crippen LogP contribution >= 0.6 is 20.1 Å². The molecule has 0 amide bonds. The molecular formula is C7H14NPS. The van der Waals surface area contributed by atoms with E-state index < -0.39 is 0 Å². The molecule has 58 valence electrons. The summed E-state index contributed by atoms with van der Waals surface area (Å²) in [5.41, 5.74) is 0. The molecule has 0 saturated carbocycles. The molecule has 3 heteroatoms. The van der Waals surface area contributed by atoms with Crippen LogP contribution in [-0.4, -0.2) is 31.2 Å². The maximum Gasteiger partial charge on any atom is 0.0584 e. The number of nitrogens with zero attached hydrogens (tertiary/aromatic N) is 1. The molecule has 10 heavy (non-hydrogen) atoms. The molecule has 0 saturated heterocycles. The summed E-state index contributed by atoms with van der Waals surface area (Å²) < 4.78 is 0. The smallest absolute Gasteiger partial charge is 0.0584 e. The predicted molar refractivity (Wildman–Crippen MR) is 52.8 cm³/mol. The second kappa shape index (κ2) is 7.34. The molecule has 0 aliphatic carbocycles. The summed E-state index contributed by atoms with van der Waals surface area (Å²) in [6.45, 7) is 5.47. The van der Waals surface area contributed by atoms with Gasteiger partial charge in [-0.15, -0.1) is 7.92 Å². The summed E-state index contributed by atoms with van der Waals surface area (Å²) in [5, 5.41) is 2.37. The Bertz CT molecular complexity index is 119. The molecule has 0 unspecified atom stereocenters. The van der Waals surface area contributed by atoms with Crippen molar-refractivity contribution >= 4 is 25.3 Å². The van der Waals surface area contributed by atoms with Crippen molar-refractivity contribution < 1.29 is 0 Å². The highest BCUT2D eigenvalue weighted by Crippen LogP contribution is 2.25. The van der Waals surface area contributed by atoms with Gasteiger partial charge in [-0.25, -0.2) is 4.99 Å². The van der Waals surface area contributed by atoms with E-state index in [4.69, 9.17) is 0 Å². The molecule has 0 atom stereocenters. The summed E-state index contributed by atoms with van der Waals surface area (Å²) in [5.74, 6) is 0. The van der Waals surface area contributed by atoms with Crippen molar-refractivity contribution in [1.29, 1.82) is 0 Å². The number of hydrogen-bond donors (Lipinski definition) is 0. The summed E-state index contributed by atoms with van der Waals surface area (Å²) in [6.07, 6.45) is 3.83. The van der Waals surface area contributed by atoms with Gasteiger partial charge in [0.25, 0.3) is 0 Å². The maximum absolute atomic E-state index is 4.44. The van der Waals surface area contributed by atoms with Crippen LogP contribution in [0.4, 0.5) is 0 Å². The summed E-state index contributed by atoms with van der Waals surface area (Å²) in [7, 11) is 0.291. The van der Waals surface area contributed by atoms with Gasteiger partial charge in [0.05, 0.1) is 5.16 Å². The summed E-state index contributed by atoms with van der Waals surface area (Å²) in [4.78, 5) is 3.84. The van der Waals surface area contributed by atoms with Crippen molar-refractivity contribution in [3.8, 4) is 0 Å². The fourth-order valence-electron chi connectivity index (χ4n) is 0.665. The number of thiocarbonyl (C=S) groups is 1. The lowest BCUT2D eigenvalue weighted by Crippen LogP contribution is -1.85. The topological polar surface area (TPSA) is 12.4 Å². The Hall–Kier alpha value is 0.230. The van der Waals surface area contributed by atoms with Crippen molar-refractivity contribution in [1.82, 2.24) is 0 Å². The van der Waals surface area contributed by atoms with Crippen molar-refractivity contribution in [3.63, 3.8) is 0 Å². The first-order chi connectivity index (χ1) is 4.77. The van der Waals surface area contributed by atoms with Gasteiger partial charge in [-0.1, -0.05) is 0 Å². The van der Waals surface area contributed by atoms with Crippen molar-refractivity contribution in [2.24, 2.45) is 4.99 Å². The van der Waals surface area contributed by atoms with E-state index in [0.29, 0.717) is 7.92 Å². The number of isothiocyanates is 1. The van der Waals surface area contributed by atoms with Crippen molar-refractivity contribution in [2.75, 3.05) is 26.0 Å². The number of hydrogen-bond acceptors (Lipinski definition) is 2. The molecule has 0 aromatic rings. The van der Waals surface area contributed by atoms with Crippen molar-refractivity contribution in [3.05, 3.63) is 0 Å². The largest absolute Gasteiger partial charge is 0.233 e. The van der Waals surface area contributed by atoms with Gasteiger partial charge >= 0.3 is 0 Å². The van der Waals surface area contributed by atoms with E-state index in [1.54, 1.807) is 0 Å². The van der Waals surface area contributed by atoms with Gasteiger partial charge in [0.2, 0.25) is 0 Å². The quantitative estimate of drug-likeness (QED) is 0.271. The molecule has 0 aromatic carbocycles. The molecular weight excluding hydrogens is 161 g/mol. The van der Waals surface area contributed by atoms with Gasteiger partial charge < -0.3 is 0 Å². The van der Waals surface area contributed by atoms with Crippen LogP contribution in [0.5, 0.6) is 0 Å². The van der Waals surface area contributed by atoms with Crippen LogP contribution in [0.1, 0.15) is 12.8 Å². The van der Waals surface area contributed by atoms with E-state index >= 15 is 0 Å². The fraction of sp³-hybridized carbons (Fsp3) is 0.857. The average Bonchev–Trinajstić information content (AvgIpc) is 1.87. The molecule has 0 heterocycles. The minimum Gasteiger partial charge on any atom is -0.233 e. The zero-order valence-electron chi connectivity index (χ0n) is 6.63. The Morgan fingerprint density at radius 2 is 2.10 bits per heavy atom. The van der Waals surface area contributed by atoms with Gasteiger partial charge in [-0.3, -0.25) is 0 Å². The maximum atomic E-state index is 4.44. The summed E-state index contributed by atoms with van der Waals surface area (Å²) in [6, 6.07) is 0. The molecule has 0 aromatic heterocycles. The van der Waals surface area contributed by atoms with Gasteiger partial charge in [0, 0.05) is 6.54 Å². The molecule has 0 aliphatic rings. The first-order valence-corrected chi connectivity index (χ1v) is 6.28. The van der Waals surface area contributed by atoms with Crippen LogP contribution in [-0.2, 0) is 0 Å². The Morgan fingerprint density at radius 3 is 2.60 bits per heavy atom. The standard InChI is InChI=1S/C7H14NPS/c1-9(2)6-4-3-5-8-7-10/h3-6H2,1-2H3. The van der Waals surface area contributed by atoms with Crippen LogP contribution in [0, 0.1) is 0 Å². The van der Waals surface area contributed by atoms with Gasteiger partial charge in [-0.05, 0) is 44.6 Å². The monoisotopic (exact) mass is 175 g/mol. The van der Waals surface area contributed by atoms with Gasteiger partial charge in [0.15, 0.2) is 0 Å². The van der Waals surface area contributed by atoms with E-state index in [2.05, 4.69) is 35.7 Å². The van der Waals surface area contributed by atoms with Crippen LogP contribution in [0.3, 0.4) is 0 Å². The van der Waals surface area contributed by atoms with Gasteiger partial charge in [0.1, 0.15) is 0 Å². The fourth-order valence-corrected chi connectivity index (χ4v) is 1.61. The molecule has 1 nitrogen and oxygen atoms in total. The second-order valence-corrected chi connectivity index (χ2v) is 5.27. The van der Waals surface area contributed by atoms with E-state index in [0.717, 1.165) is 6.54 Å². The summed E-state index contributed by atoms with van der Waals surface area (Å²) >= 11 is 4.44. The first kappa shape index (κ1) is 10.2. The zero-order chi connectivity index (χ0) is 7.82. The van der Waals surface area contributed by atoms with Crippen LogP contribution in [0.25, 0.3) is 0 Å². The highest BCUT2D eigenvalue weighted by atomic mass is 32.1. The average molecular weight is 175 g/mol. The molecule has 0 bridgehead atoms. The van der Waals surface area contributed by atoms with Gasteiger partial charge in [-0.2, -0.15) is 0 Å². The highest BCUT2D eigenvalue weighted by Gasteiger charge is 1.91. The zero-order valence-corrected chi connectivity index (χ0v) is 8.34. The Labute approximate surface area is 69.7 Å². The van der Waals surface area contributed by atoms with E-state index in [1.807, 2.05) is 0 Å². The Balaban J connectivity index is 2.98. The lowest BCUT2D eigenvalue weighted by atomic mass is 10.3. The van der Waals surface area contributed by atoms with E-state index in [-0.39, 0.29) is 0 Å². The van der Waals surface area contributed by atoms with Crippen LogP contribution < -0.4 is 0 Å². The normalized spacial score (nSPS) is 9.50. The third-order valence-electron chi connectivity index (χ3n) is 1.19. The van der Waals surface area contributed by atoms with E-state index in [9.17, 15) is 0 Å². The van der Waals surface area contributed by atoms with Crippen LogP contribution in [0.2, 0.25) is 0 Å².